The van der Waals surface area contributed by atoms with Crippen LogP contribution >= 0.6 is 0 Å². The van der Waals surface area contributed by atoms with Crippen molar-refractivity contribution in [2.45, 2.75) is 39.0 Å². The molecule has 1 fully saturated rings. The van der Waals surface area contributed by atoms with Gasteiger partial charge < -0.3 is 5.32 Å². The smallest absolute Gasteiger partial charge is 0.229 e. The largest absolute Gasteiger partial charge is 0.355 e. The van der Waals surface area contributed by atoms with E-state index in [1.54, 1.807) is 0 Å². The maximum Gasteiger partial charge on any atom is 0.229 e. The summed E-state index contributed by atoms with van der Waals surface area (Å²) in [6.45, 7) is 5.00. The lowest BCUT2D eigenvalue weighted by Gasteiger charge is -2.22. The van der Waals surface area contributed by atoms with Gasteiger partial charge >= 0.3 is 0 Å². The monoisotopic (exact) mass is 316 g/mol. The van der Waals surface area contributed by atoms with Crippen LogP contribution in [0.5, 0.6) is 0 Å². The topological polar surface area (TPSA) is 66.5 Å². The summed E-state index contributed by atoms with van der Waals surface area (Å²) in [5, 5.41) is 2.93. The minimum Gasteiger partial charge on any atom is -0.355 e. The second-order valence-electron chi connectivity index (χ2n) is 6.25. The molecule has 0 saturated carbocycles. The van der Waals surface area contributed by atoms with Crippen LogP contribution < -0.4 is 5.32 Å². The summed E-state index contributed by atoms with van der Waals surface area (Å²) in [4.78, 5) is 36.2. The number of imide groups is 1. The van der Waals surface area contributed by atoms with Crippen LogP contribution in [0.1, 0.15) is 44.6 Å². The molecule has 3 amide bonds. The Morgan fingerprint density at radius 2 is 1.74 bits per heavy atom. The van der Waals surface area contributed by atoms with E-state index < -0.39 is 0 Å². The van der Waals surface area contributed by atoms with Gasteiger partial charge in [0.2, 0.25) is 17.7 Å². The van der Waals surface area contributed by atoms with E-state index in [0.717, 1.165) is 0 Å². The summed E-state index contributed by atoms with van der Waals surface area (Å²) in [5.74, 6) is 0.174. The zero-order chi connectivity index (χ0) is 16.8. The molecule has 0 unspecified atom stereocenters. The van der Waals surface area contributed by atoms with Gasteiger partial charge in [0, 0.05) is 38.3 Å². The first-order valence-electron chi connectivity index (χ1n) is 8.14. The van der Waals surface area contributed by atoms with Crippen molar-refractivity contribution in [3.8, 4) is 0 Å². The molecule has 1 aliphatic heterocycles. The third-order valence-electron chi connectivity index (χ3n) is 4.27. The molecular weight excluding hydrogens is 292 g/mol. The van der Waals surface area contributed by atoms with Crippen molar-refractivity contribution in [2.75, 3.05) is 13.1 Å². The molecule has 1 saturated heterocycles. The Balaban J connectivity index is 1.82. The van der Waals surface area contributed by atoms with Gasteiger partial charge in [0.25, 0.3) is 0 Å². The van der Waals surface area contributed by atoms with Gasteiger partial charge in [-0.1, -0.05) is 44.2 Å². The van der Waals surface area contributed by atoms with Crippen molar-refractivity contribution in [3.05, 3.63) is 35.9 Å². The number of nitrogens with zero attached hydrogens (tertiary/aromatic N) is 1. The first kappa shape index (κ1) is 17.2. The van der Waals surface area contributed by atoms with Gasteiger partial charge in [-0.3, -0.25) is 19.3 Å². The molecule has 23 heavy (non-hydrogen) atoms. The molecule has 1 atom stereocenters. The SMILES string of the molecule is CC(C)[C@H](CNC(=O)CCN1C(=O)CCC1=O)c1ccccc1. The van der Waals surface area contributed by atoms with E-state index in [0.29, 0.717) is 12.5 Å². The minimum atomic E-state index is -0.174. The van der Waals surface area contributed by atoms with E-state index in [2.05, 4.69) is 31.3 Å². The number of rotatable bonds is 7. The summed E-state index contributed by atoms with van der Waals surface area (Å²) >= 11 is 0. The highest BCUT2D eigenvalue weighted by Gasteiger charge is 2.28. The molecule has 0 bridgehead atoms. The van der Waals surface area contributed by atoms with Crippen LogP contribution in [-0.2, 0) is 14.4 Å². The van der Waals surface area contributed by atoms with Crippen molar-refractivity contribution in [1.29, 1.82) is 0 Å². The van der Waals surface area contributed by atoms with E-state index in [-0.39, 0.29) is 49.4 Å². The van der Waals surface area contributed by atoms with Crippen LogP contribution in [0.15, 0.2) is 30.3 Å². The first-order valence-corrected chi connectivity index (χ1v) is 8.14. The molecule has 0 aromatic heterocycles. The van der Waals surface area contributed by atoms with Crippen molar-refractivity contribution in [2.24, 2.45) is 5.92 Å². The number of benzene rings is 1. The number of nitrogens with one attached hydrogen (secondary N) is 1. The quantitative estimate of drug-likeness (QED) is 0.783. The molecule has 1 aliphatic rings. The average Bonchev–Trinajstić information content (AvgIpc) is 2.85. The number of amides is 3. The maximum atomic E-state index is 12.0. The predicted molar refractivity (Wildman–Crippen MR) is 87.6 cm³/mol. The number of carbonyl (C=O) groups excluding carboxylic acids is 3. The molecule has 0 spiro atoms. The van der Waals surface area contributed by atoms with Gasteiger partial charge in [-0.15, -0.1) is 0 Å². The zero-order valence-electron chi connectivity index (χ0n) is 13.7. The van der Waals surface area contributed by atoms with E-state index in [4.69, 9.17) is 0 Å². The van der Waals surface area contributed by atoms with Gasteiger partial charge in [0.1, 0.15) is 0 Å². The third kappa shape index (κ3) is 4.65. The number of hydrogen-bond donors (Lipinski definition) is 1. The molecular formula is C18H24N2O3. The molecule has 1 N–H and O–H groups in total. The van der Waals surface area contributed by atoms with Gasteiger partial charge in [0.05, 0.1) is 0 Å². The zero-order valence-corrected chi connectivity index (χ0v) is 13.7. The summed E-state index contributed by atoms with van der Waals surface area (Å²) in [6.07, 6.45) is 0.699. The molecule has 1 heterocycles. The van der Waals surface area contributed by atoms with E-state index in [1.807, 2.05) is 18.2 Å². The molecule has 5 heteroatoms. The van der Waals surface area contributed by atoms with Gasteiger partial charge in [-0.25, -0.2) is 0 Å². The van der Waals surface area contributed by atoms with Crippen LogP contribution in [0.25, 0.3) is 0 Å². The maximum absolute atomic E-state index is 12.0. The summed E-state index contributed by atoms with van der Waals surface area (Å²) in [5.41, 5.74) is 1.20. The van der Waals surface area contributed by atoms with Crippen LogP contribution in [0.3, 0.4) is 0 Å². The summed E-state index contributed by atoms with van der Waals surface area (Å²) in [6, 6.07) is 10.1. The Hall–Kier alpha value is -2.17. The fourth-order valence-electron chi connectivity index (χ4n) is 2.84. The van der Waals surface area contributed by atoms with Crippen molar-refractivity contribution in [1.82, 2.24) is 10.2 Å². The van der Waals surface area contributed by atoms with Gasteiger partial charge in [-0.2, -0.15) is 0 Å². The third-order valence-corrected chi connectivity index (χ3v) is 4.27. The Bertz CT molecular complexity index is 553. The van der Waals surface area contributed by atoms with Crippen molar-refractivity contribution >= 4 is 17.7 Å². The molecule has 0 radical (unpaired) electrons. The van der Waals surface area contributed by atoms with Crippen molar-refractivity contribution in [3.63, 3.8) is 0 Å². The van der Waals surface area contributed by atoms with Gasteiger partial charge in [0.15, 0.2) is 0 Å². The average molecular weight is 316 g/mol. The molecule has 1 aromatic carbocycles. The fraction of sp³-hybridized carbons (Fsp3) is 0.500. The Morgan fingerprint density at radius 3 is 2.30 bits per heavy atom. The first-order chi connectivity index (χ1) is 11.0. The van der Waals surface area contributed by atoms with Crippen LogP contribution in [0, 0.1) is 5.92 Å². The highest BCUT2D eigenvalue weighted by molar-refractivity contribution is 6.02. The molecule has 5 nitrogen and oxygen atoms in total. The number of likely N-dealkylation sites (tertiary alicyclic amines) is 1. The predicted octanol–water partition coefficient (Wildman–Crippen LogP) is 2.08. The molecule has 2 rings (SSSR count). The molecule has 1 aromatic rings. The summed E-state index contributed by atoms with van der Waals surface area (Å²) < 4.78 is 0. The Kier molecular flexibility index (Phi) is 5.90. The van der Waals surface area contributed by atoms with Crippen LogP contribution in [-0.4, -0.2) is 35.7 Å². The lowest BCUT2D eigenvalue weighted by Crippen LogP contribution is -2.35. The highest BCUT2D eigenvalue weighted by Crippen LogP contribution is 2.23. The number of hydrogen-bond acceptors (Lipinski definition) is 3. The highest BCUT2D eigenvalue weighted by atomic mass is 16.2. The standard InChI is InChI=1S/C18H24N2O3/c1-13(2)15(14-6-4-3-5-7-14)12-19-16(21)10-11-20-17(22)8-9-18(20)23/h3-7,13,15H,8-12H2,1-2H3,(H,19,21)/t15-/m0/s1. The van der Waals surface area contributed by atoms with Crippen LogP contribution in [0.2, 0.25) is 0 Å². The normalized spacial score (nSPS) is 16.0. The molecule has 124 valence electrons. The van der Waals surface area contributed by atoms with Crippen molar-refractivity contribution < 1.29 is 14.4 Å². The number of carbonyl (C=O) groups is 3. The Labute approximate surface area is 137 Å². The second-order valence-corrected chi connectivity index (χ2v) is 6.25. The molecule has 0 aliphatic carbocycles. The van der Waals surface area contributed by atoms with E-state index in [9.17, 15) is 14.4 Å². The van der Waals surface area contributed by atoms with E-state index in [1.165, 1.54) is 10.5 Å². The Morgan fingerprint density at radius 1 is 1.13 bits per heavy atom. The summed E-state index contributed by atoms with van der Waals surface area (Å²) in [7, 11) is 0. The van der Waals surface area contributed by atoms with Gasteiger partial charge in [-0.05, 0) is 11.5 Å². The minimum absolute atomic E-state index is 0.126. The fourth-order valence-corrected chi connectivity index (χ4v) is 2.84. The lowest BCUT2D eigenvalue weighted by atomic mass is 9.88. The lowest BCUT2D eigenvalue weighted by molar-refractivity contribution is -0.138. The van der Waals surface area contributed by atoms with E-state index >= 15 is 0 Å². The van der Waals surface area contributed by atoms with Crippen LogP contribution in [0.4, 0.5) is 0 Å². The second kappa shape index (κ2) is 7.90.